The standard InChI is InChI=1S/8BH3O3.BHO3.2K/c9*2-1(3)4;;/h8*2-4H;2H;;/q;;;;;;;;-2;2*+1. The van der Waals surface area contributed by atoms with Gasteiger partial charge in [0.05, 0.1) is 7.32 Å². The fourth-order valence-electron chi connectivity index (χ4n) is 0. The third-order valence-electron chi connectivity index (χ3n) is 0. The van der Waals surface area contributed by atoms with Crippen molar-refractivity contribution in [1.29, 1.82) is 0 Å². The number of rotatable bonds is 0. The zero-order valence-corrected chi connectivity index (χ0v) is 25.4. The smallest absolute Gasteiger partial charge is 0.871 e. The maximum Gasteiger partial charge on any atom is 1.00 e. The van der Waals surface area contributed by atoms with Crippen LogP contribution in [0.3, 0.4) is 0 Å². The summed E-state index contributed by atoms with van der Waals surface area (Å²) in [5, 5.41) is 196. The largest absolute Gasteiger partial charge is 1.00 e. The van der Waals surface area contributed by atoms with E-state index in [9.17, 15) is 0 Å². The monoisotopic (exact) mass is 634 g/mol. The molecule has 0 aliphatic rings. The van der Waals surface area contributed by atoms with Crippen molar-refractivity contribution in [2.75, 3.05) is 0 Å². The van der Waals surface area contributed by atoms with Crippen LogP contribution in [0.25, 0.3) is 0 Å². The Bertz CT molecular complexity index is 169. The quantitative estimate of drug-likeness (QED) is 0.110. The molecule has 0 bridgehead atoms. The second-order valence-electron chi connectivity index (χ2n) is 3.08. The van der Waals surface area contributed by atoms with Crippen LogP contribution >= 0.6 is 0 Å². The predicted molar refractivity (Wildman–Crippen MR) is 107 cm³/mol. The van der Waals surface area contributed by atoms with Gasteiger partial charge in [0, 0.05) is 0 Å². The van der Waals surface area contributed by atoms with Crippen LogP contribution in [0.1, 0.15) is 0 Å². The molecule has 25 N–H and O–H groups in total. The Morgan fingerprint density at radius 2 is 0.211 bits per heavy atom. The molecule has 0 aromatic carbocycles. The normalized spacial score (nSPS) is 6.39. The zero-order valence-electron chi connectivity index (χ0n) is 19.2. The molecule has 0 saturated carbocycles. The molecule has 27 nitrogen and oxygen atoms in total. The minimum absolute atomic E-state index is 0. The molecule has 0 aliphatic carbocycles. The van der Waals surface area contributed by atoms with Gasteiger partial charge in [-0.05, 0) is 0 Å². The summed E-state index contributed by atoms with van der Waals surface area (Å²) in [6.07, 6.45) is 0. The molecular weight excluding hydrogens is 607 g/mol. The molecule has 0 radical (unpaired) electrons. The Kier molecular flexibility index (Phi) is 129. The van der Waals surface area contributed by atoms with E-state index >= 15 is 0 Å². The van der Waals surface area contributed by atoms with Gasteiger partial charge < -0.3 is 136 Å². The van der Waals surface area contributed by atoms with Crippen LogP contribution in [0.4, 0.5) is 0 Å². The van der Waals surface area contributed by atoms with Gasteiger partial charge >= 0.3 is 161 Å². The zero-order chi connectivity index (χ0) is 32.2. The first-order chi connectivity index (χ1) is 15.6. The van der Waals surface area contributed by atoms with Gasteiger partial charge in [-0.15, -0.1) is 0 Å². The molecule has 38 heteroatoms. The van der Waals surface area contributed by atoms with Gasteiger partial charge in [-0.2, -0.15) is 0 Å². The first kappa shape index (κ1) is 72.8. The van der Waals surface area contributed by atoms with Crippen LogP contribution in [-0.2, 0) is 0 Å². The summed E-state index contributed by atoms with van der Waals surface area (Å²) in [4.78, 5) is 0. The molecule has 0 aliphatic heterocycles. The van der Waals surface area contributed by atoms with Gasteiger partial charge in [0.25, 0.3) is 0 Å². The summed E-state index contributed by atoms with van der Waals surface area (Å²) in [5.41, 5.74) is 0. The van der Waals surface area contributed by atoms with Crippen molar-refractivity contribution in [3.8, 4) is 0 Å². The second kappa shape index (κ2) is 67.5. The fourth-order valence-corrected chi connectivity index (χ4v) is 0. The minimum atomic E-state index is -2.67. The Morgan fingerprint density at radius 1 is 0.211 bits per heavy atom. The molecule has 0 rings (SSSR count). The van der Waals surface area contributed by atoms with E-state index in [0.29, 0.717) is 0 Å². The van der Waals surface area contributed by atoms with E-state index < -0.39 is 65.9 Å². The summed E-state index contributed by atoms with van der Waals surface area (Å²) in [6, 6.07) is 0. The van der Waals surface area contributed by atoms with Crippen LogP contribution in [0.5, 0.6) is 0 Å². The molecule has 0 aromatic heterocycles. The van der Waals surface area contributed by atoms with E-state index in [0.717, 1.165) is 0 Å². The first-order valence-electron chi connectivity index (χ1n) is 6.93. The van der Waals surface area contributed by atoms with Crippen molar-refractivity contribution in [2.24, 2.45) is 0 Å². The molecule has 38 heavy (non-hydrogen) atoms. The van der Waals surface area contributed by atoms with Crippen molar-refractivity contribution in [3.63, 3.8) is 0 Å². The van der Waals surface area contributed by atoms with Crippen molar-refractivity contribution in [3.05, 3.63) is 0 Å². The summed E-state index contributed by atoms with van der Waals surface area (Å²) in [7, 11) is -20.0. The second-order valence-corrected chi connectivity index (χ2v) is 3.08. The van der Waals surface area contributed by atoms with Gasteiger partial charge in [-0.25, -0.2) is 0 Å². The van der Waals surface area contributed by atoms with Gasteiger partial charge in [0.15, 0.2) is 0 Å². The van der Waals surface area contributed by atoms with Crippen molar-refractivity contribution in [2.45, 2.75) is 0 Å². The predicted octanol–water partition coefficient (Wildman–Crippen LogP) is -25.7. The molecule has 0 fully saturated rings. The Hall–Kier alpha value is 2.78. The molecule has 216 valence electrons. The fraction of sp³-hybridized carbons (Fsp3) is 0. The molecule has 0 atom stereocenters. The van der Waals surface area contributed by atoms with E-state index in [1.165, 1.54) is 0 Å². The van der Waals surface area contributed by atoms with Crippen molar-refractivity contribution < 1.29 is 238 Å². The van der Waals surface area contributed by atoms with Crippen LogP contribution in [0, 0.1) is 0 Å². The van der Waals surface area contributed by atoms with Gasteiger partial charge in [-0.1, -0.05) is 0 Å². The summed E-state index contributed by atoms with van der Waals surface area (Å²) >= 11 is 0. The third kappa shape index (κ3) is 7180. The molecule has 0 heterocycles. The van der Waals surface area contributed by atoms with Gasteiger partial charge in [0.2, 0.25) is 0 Å². The number of hydrogen-bond donors (Lipinski definition) is 25. The van der Waals surface area contributed by atoms with E-state index in [1.807, 2.05) is 0 Å². The third-order valence-corrected chi connectivity index (χ3v) is 0. The van der Waals surface area contributed by atoms with Crippen LogP contribution < -0.4 is 113 Å². The molecule has 0 amide bonds. The van der Waals surface area contributed by atoms with E-state index in [1.54, 1.807) is 0 Å². The molecular formula is H25B9K2O27. The Labute approximate surface area is 300 Å². The molecule has 0 aromatic rings. The molecule has 0 saturated heterocycles. The van der Waals surface area contributed by atoms with E-state index in [4.69, 9.17) is 136 Å². The molecule has 0 unspecified atom stereocenters. The van der Waals surface area contributed by atoms with Crippen LogP contribution in [0.2, 0.25) is 0 Å². The van der Waals surface area contributed by atoms with Crippen LogP contribution in [0.15, 0.2) is 0 Å². The van der Waals surface area contributed by atoms with Gasteiger partial charge in [-0.3, -0.25) is 0 Å². The maximum absolute atomic E-state index is 8.53. The van der Waals surface area contributed by atoms with Crippen molar-refractivity contribution in [1.82, 2.24) is 0 Å². The summed E-state index contributed by atoms with van der Waals surface area (Å²) in [6.45, 7) is 0. The average molecular weight is 633 g/mol. The topological polar surface area (TPSA) is 552 Å². The van der Waals surface area contributed by atoms with Crippen molar-refractivity contribution >= 4 is 65.9 Å². The van der Waals surface area contributed by atoms with E-state index in [2.05, 4.69) is 0 Å². The molecule has 0 spiro atoms. The Balaban J connectivity index is -0.0000000238. The SMILES string of the molecule is OB(O)O.OB(O)O.OB(O)O.OB(O)O.OB(O)O.OB(O)O.OB(O)O.OB(O)O.[K+].[K+].[O-]B([O-])O. The van der Waals surface area contributed by atoms with E-state index in [-0.39, 0.29) is 103 Å². The maximum atomic E-state index is 8.53. The number of hydrogen-bond acceptors (Lipinski definition) is 27. The van der Waals surface area contributed by atoms with Crippen LogP contribution in [-0.4, -0.2) is 191 Å². The van der Waals surface area contributed by atoms with Gasteiger partial charge in [0.1, 0.15) is 0 Å². The average Bonchev–Trinajstić information content (AvgIpc) is 2.39. The summed E-state index contributed by atoms with van der Waals surface area (Å²) < 4.78 is 0. The first-order valence-corrected chi connectivity index (χ1v) is 6.93. The minimum Gasteiger partial charge on any atom is -0.871 e. The summed E-state index contributed by atoms with van der Waals surface area (Å²) in [5.74, 6) is 0. The Morgan fingerprint density at radius 3 is 0.211 bits per heavy atom.